The fourth-order valence-electron chi connectivity index (χ4n) is 3.61. The standard InChI is InChI=1S/C23H22ClF2NO3/c1-13(2)30-23(29)22-14(3)27(12-17-19(25)9-6-10-20(17)26)21(28)11-16(22)15-7-4-5-8-18(15)24/h4-10,13,16H,11-12H2,1-3H3/t16-/m1/s1. The molecule has 2 aromatic rings. The Hall–Kier alpha value is -2.73. The fraction of sp³-hybridized carbons (Fsp3) is 0.304. The van der Waals surface area contributed by atoms with Crippen LogP contribution in [0.5, 0.6) is 0 Å². The number of hydrogen-bond acceptors (Lipinski definition) is 3. The Morgan fingerprint density at radius 3 is 2.40 bits per heavy atom. The molecule has 1 atom stereocenters. The van der Waals surface area contributed by atoms with E-state index in [0.29, 0.717) is 16.3 Å². The van der Waals surface area contributed by atoms with Crippen molar-refractivity contribution < 1.29 is 23.1 Å². The molecule has 2 aromatic carbocycles. The number of hydrogen-bond donors (Lipinski definition) is 0. The van der Waals surface area contributed by atoms with E-state index in [0.717, 1.165) is 12.1 Å². The minimum absolute atomic E-state index is 0.0698. The molecule has 0 aromatic heterocycles. The predicted molar refractivity (Wildman–Crippen MR) is 110 cm³/mol. The maximum atomic E-state index is 14.2. The van der Waals surface area contributed by atoms with Gasteiger partial charge in [0.05, 0.1) is 18.2 Å². The number of carbonyl (C=O) groups excluding carboxylic acids is 2. The van der Waals surface area contributed by atoms with E-state index in [1.54, 1.807) is 45.0 Å². The van der Waals surface area contributed by atoms with E-state index < -0.39 is 23.5 Å². The fourth-order valence-corrected chi connectivity index (χ4v) is 3.88. The number of nitrogens with zero attached hydrogens (tertiary/aromatic N) is 1. The van der Waals surface area contributed by atoms with Crippen molar-refractivity contribution in [2.75, 3.05) is 0 Å². The topological polar surface area (TPSA) is 46.6 Å². The number of ether oxygens (including phenoxy) is 1. The number of carbonyl (C=O) groups is 2. The van der Waals surface area contributed by atoms with Gasteiger partial charge in [-0.3, -0.25) is 4.79 Å². The monoisotopic (exact) mass is 433 g/mol. The Labute approximate surface area is 179 Å². The number of amides is 1. The molecule has 158 valence electrons. The largest absolute Gasteiger partial charge is 0.460 e. The van der Waals surface area contributed by atoms with Crippen LogP contribution in [0.3, 0.4) is 0 Å². The van der Waals surface area contributed by atoms with E-state index in [2.05, 4.69) is 0 Å². The number of benzene rings is 2. The van der Waals surface area contributed by atoms with Crippen LogP contribution < -0.4 is 0 Å². The number of esters is 1. The zero-order valence-corrected chi connectivity index (χ0v) is 17.7. The second kappa shape index (κ2) is 8.96. The van der Waals surface area contributed by atoms with Crippen LogP contribution in [0.4, 0.5) is 8.78 Å². The Balaban J connectivity index is 2.10. The molecule has 0 saturated carbocycles. The molecule has 1 amide bonds. The number of rotatable bonds is 5. The lowest BCUT2D eigenvalue weighted by molar-refractivity contribution is -0.143. The van der Waals surface area contributed by atoms with E-state index in [9.17, 15) is 18.4 Å². The molecule has 0 unspecified atom stereocenters. The lowest BCUT2D eigenvalue weighted by Crippen LogP contribution is -2.38. The van der Waals surface area contributed by atoms with Gasteiger partial charge in [0, 0.05) is 28.6 Å². The van der Waals surface area contributed by atoms with Gasteiger partial charge in [-0.25, -0.2) is 13.6 Å². The maximum absolute atomic E-state index is 14.2. The highest BCUT2D eigenvalue weighted by Crippen LogP contribution is 2.40. The first-order chi connectivity index (χ1) is 14.2. The quantitative estimate of drug-likeness (QED) is 0.596. The van der Waals surface area contributed by atoms with E-state index in [1.807, 2.05) is 0 Å². The van der Waals surface area contributed by atoms with Crippen LogP contribution in [0, 0.1) is 11.6 Å². The predicted octanol–water partition coefficient (Wildman–Crippen LogP) is 5.36. The molecule has 0 fully saturated rings. The molecule has 0 bridgehead atoms. The summed E-state index contributed by atoms with van der Waals surface area (Å²) in [5.74, 6) is -3.07. The summed E-state index contributed by atoms with van der Waals surface area (Å²) in [6, 6.07) is 10.5. The van der Waals surface area contributed by atoms with Gasteiger partial charge < -0.3 is 9.64 Å². The van der Waals surface area contributed by atoms with E-state index in [-0.39, 0.29) is 36.1 Å². The van der Waals surface area contributed by atoms with Gasteiger partial charge in [0.2, 0.25) is 5.91 Å². The summed E-state index contributed by atoms with van der Waals surface area (Å²) in [5.41, 5.74) is 0.940. The second-order valence-corrected chi connectivity index (χ2v) is 7.82. The average molecular weight is 434 g/mol. The molecule has 1 aliphatic rings. The summed E-state index contributed by atoms with van der Waals surface area (Å²) in [6.07, 6.45) is -0.445. The normalized spacial score (nSPS) is 17.0. The van der Waals surface area contributed by atoms with Crippen LogP contribution in [0.2, 0.25) is 5.02 Å². The molecule has 0 radical (unpaired) electrons. The Kier molecular flexibility index (Phi) is 6.56. The zero-order chi connectivity index (χ0) is 22.0. The van der Waals surface area contributed by atoms with Crippen molar-refractivity contribution in [1.82, 2.24) is 4.90 Å². The molecule has 1 heterocycles. The summed E-state index contributed by atoms with van der Waals surface area (Å²) >= 11 is 6.34. The summed E-state index contributed by atoms with van der Waals surface area (Å²) in [7, 11) is 0. The summed E-state index contributed by atoms with van der Waals surface area (Å²) in [6.45, 7) is 4.70. The van der Waals surface area contributed by atoms with Crippen molar-refractivity contribution in [1.29, 1.82) is 0 Å². The molecular formula is C23H22ClF2NO3. The molecule has 0 spiro atoms. The summed E-state index contributed by atoms with van der Waals surface area (Å²) < 4.78 is 33.8. The highest BCUT2D eigenvalue weighted by atomic mass is 35.5. The van der Waals surface area contributed by atoms with Crippen LogP contribution >= 0.6 is 11.6 Å². The number of halogens is 3. The van der Waals surface area contributed by atoms with E-state index in [1.165, 1.54) is 11.0 Å². The second-order valence-electron chi connectivity index (χ2n) is 7.41. The molecule has 3 rings (SSSR count). The highest BCUT2D eigenvalue weighted by Gasteiger charge is 2.38. The Morgan fingerprint density at radius 2 is 1.80 bits per heavy atom. The maximum Gasteiger partial charge on any atom is 0.336 e. The summed E-state index contributed by atoms with van der Waals surface area (Å²) in [5, 5.41) is 0.423. The molecule has 4 nitrogen and oxygen atoms in total. The zero-order valence-electron chi connectivity index (χ0n) is 16.9. The third-order valence-corrected chi connectivity index (χ3v) is 5.39. The van der Waals surface area contributed by atoms with Crippen LogP contribution in [0.1, 0.15) is 44.2 Å². The first-order valence-electron chi connectivity index (χ1n) is 9.60. The van der Waals surface area contributed by atoms with Gasteiger partial charge in [-0.2, -0.15) is 0 Å². The van der Waals surface area contributed by atoms with Gasteiger partial charge in [0.1, 0.15) is 11.6 Å². The van der Waals surface area contributed by atoms with Crippen molar-refractivity contribution in [2.45, 2.75) is 45.8 Å². The van der Waals surface area contributed by atoms with Gasteiger partial charge in [-0.1, -0.05) is 35.9 Å². The first kappa shape index (κ1) is 22.0. The minimum Gasteiger partial charge on any atom is -0.460 e. The third-order valence-electron chi connectivity index (χ3n) is 5.04. The van der Waals surface area contributed by atoms with Gasteiger partial charge in [0.25, 0.3) is 0 Å². The SMILES string of the molecule is CC1=C(C(=O)OC(C)C)[C@@H](c2ccccc2Cl)CC(=O)N1Cc1c(F)cccc1F. The van der Waals surface area contributed by atoms with Gasteiger partial charge in [-0.05, 0) is 44.5 Å². The van der Waals surface area contributed by atoms with Crippen molar-refractivity contribution in [2.24, 2.45) is 0 Å². The molecule has 0 N–H and O–H groups in total. The van der Waals surface area contributed by atoms with Crippen LogP contribution in [-0.4, -0.2) is 22.9 Å². The third kappa shape index (κ3) is 4.38. The highest BCUT2D eigenvalue weighted by molar-refractivity contribution is 6.31. The van der Waals surface area contributed by atoms with Gasteiger partial charge >= 0.3 is 5.97 Å². The molecular weight excluding hydrogens is 412 g/mol. The molecule has 0 saturated heterocycles. The van der Waals surface area contributed by atoms with Crippen molar-refractivity contribution >= 4 is 23.5 Å². The van der Waals surface area contributed by atoms with E-state index >= 15 is 0 Å². The lowest BCUT2D eigenvalue weighted by atomic mass is 9.83. The first-order valence-corrected chi connectivity index (χ1v) is 9.98. The van der Waals surface area contributed by atoms with Crippen molar-refractivity contribution in [3.63, 3.8) is 0 Å². The van der Waals surface area contributed by atoms with Gasteiger partial charge in [0.15, 0.2) is 0 Å². The summed E-state index contributed by atoms with van der Waals surface area (Å²) in [4.78, 5) is 27.1. The molecule has 30 heavy (non-hydrogen) atoms. The van der Waals surface area contributed by atoms with Crippen molar-refractivity contribution in [3.05, 3.63) is 81.5 Å². The van der Waals surface area contributed by atoms with Gasteiger partial charge in [-0.15, -0.1) is 0 Å². The van der Waals surface area contributed by atoms with Crippen LogP contribution in [0.15, 0.2) is 53.7 Å². The van der Waals surface area contributed by atoms with Crippen LogP contribution in [0.25, 0.3) is 0 Å². The molecule has 0 aliphatic carbocycles. The van der Waals surface area contributed by atoms with E-state index in [4.69, 9.17) is 16.3 Å². The average Bonchev–Trinajstić information content (AvgIpc) is 2.66. The Bertz CT molecular complexity index is 999. The Morgan fingerprint density at radius 1 is 1.17 bits per heavy atom. The number of allylic oxidation sites excluding steroid dienone is 1. The lowest BCUT2D eigenvalue weighted by Gasteiger charge is -2.35. The van der Waals surface area contributed by atoms with Crippen LogP contribution in [-0.2, 0) is 20.9 Å². The van der Waals surface area contributed by atoms with Crippen molar-refractivity contribution in [3.8, 4) is 0 Å². The molecule has 7 heteroatoms. The smallest absolute Gasteiger partial charge is 0.336 e. The minimum atomic E-state index is -0.755. The molecule has 1 aliphatic heterocycles.